The Morgan fingerprint density at radius 1 is 0.915 bits per heavy atom. The number of carboxylic acid groups (broad SMARTS) is 1. The third-order valence-electron chi connectivity index (χ3n) is 9.39. The average Bonchev–Trinajstić information content (AvgIpc) is 3.13. The van der Waals surface area contributed by atoms with E-state index in [0.29, 0.717) is 11.1 Å². The summed E-state index contributed by atoms with van der Waals surface area (Å²) in [6.45, 7) is 9.84. The van der Waals surface area contributed by atoms with Gasteiger partial charge in [-0.05, 0) is 101 Å². The molecule has 13 N–H and O–H groups in total. The molecule has 1 heterocycles. The van der Waals surface area contributed by atoms with Gasteiger partial charge in [0.15, 0.2) is 0 Å². The molecule has 4 bridgehead atoms. The first-order valence-electron chi connectivity index (χ1n) is 19.4. The number of nitrogens with one attached hydrogen (secondary N) is 5. The second-order valence-electron chi connectivity index (χ2n) is 16.4. The van der Waals surface area contributed by atoms with Gasteiger partial charge in [-0.1, -0.05) is 12.1 Å². The lowest BCUT2D eigenvalue weighted by Crippen LogP contribution is -2.59. The second-order valence-corrected chi connectivity index (χ2v) is 16.4. The van der Waals surface area contributed by atoms with Gasteiger partial charge in [-0.2, -0.15) is 0 Å². The summed E-state index contributed by atoms with van der Waals surface area (Å²) in [5.41, 5.74) is 10.9. The van der Waals surface area contributed by atoms with Crippen molar-refractivity contribution in [2.45, 2.75) is 115 Å². The number of benzene rings is 2. The van der Waals surface area contributed by atoms with E-state index in [4.69, 9.17) is 16.2 Å². The molecule has 326 valence electrons. The first-order chi connectivity index (χ1) is 27.5. The molecule has 19 heteroatoms. The normalized spacial score (nSPS) is 18.4. The number of rotatable bonds is 13. The third kappa shape index (κ3) is 14.6. The Labute approximate surface area is 343 Å². The van der Waals surface area contributed by atoms with Crippen LogP contribution in [0.3, 0.4) is 0 Å². The molecule has 2 aromatic rings. The number of nitrogens with zero attached hydrogens (tertiary/aromatic N) is 1. The molecule has 19 nitrogen and oxygen atoms in total. The summed E-state index contributed by atoms with van der Waals surface area (Å²) in [5.74, 6) is -3.77. The van der Waals surface area contributed by atoms with Crippen LogP contribution in [0.2, 0.25) is 0 Å². The van der Waals surface area contributed by atoms with Crippen molar-refractivity contribution in [1.29, 1.82) is 0 Å². The molecule has 2 aromatic carbocycles. The van der Waals surface area contributed by atoms with Gasteiger partial charge in [-0.25, -0.2) is 9.59 Å². The van der Waals surface area contributed by atoms with Crippen molar-refractivity contribution in [3.05, 3.63) is 47.5 Å². The molecule has 1 aliphatic heterocycles. The number of alkyl carbamates (subject to hydrolysis) is 1. The van der Waals surface area contributed by atoms with Crippen LogP contribution < -0.4 is 38.1 Å². The summed E-state index contributed by atoms with van der Waals surface area (Å²) in [7, 11) is 0. The number of aromatic hydroxyl groups is 2. The zero-order valence-corrected chi connectivity index (χ0v) is 34.5. The number of fused-ring (bicyclic) bond motifs is 5. The lowest BCUT2D eigenvalue weighted by Gasteiger charge is -2.33. The first-order valence-corrected chi connectivity index (χ1v) is 19.4. The molecule has 0 radical (unpaired) electrons. The molecular weight excluding hydrogens is 768 g/mol. The number of amides is 6. The number of aliphatic hydroxyl groups is 1. The standard InChI is InChI=1S/C40H60N8O11/c1-39(2,3)48(38(57)58)15-7-8-27-34(53)45-28(35(54)46-30(20-26(49)21-42)33(52)43-14-13-41)18-24-16-22(9-11-31(24)50)23-10-12-32(51)25(17-23)19-29(36(55)44-27)47-37(56)59-40(4,5)6/h9-12,16-17,26-30,49-51H,7-8,13-15,18-21,41-42H2,1-6H3,(H,43,52)(H,44,55)(H,45,53)(H,46,54)(H,47,56)(H,57,58)/t26-,27+,28+,29+,30+/m1/s1. The quantitative estimate of drug-likeness (QED) is 0.132. The zero-order chi connectivity index (χ0) is 44.2. The lowest BCUT2D eigenvalue weighted by atomic mass is 9.95. The highest BCUT2D eigenvalue weighted by molar-refractivity contribution is 5.95. The monoisotopic (exact) mass is 828 g/mol. The third-order valence-corrected chi connectivity index (χ3v) is 9.39. The van der Waals surface area contributed by atoms with Crippen LogP contribution in [0.15, 0.2) is 36.4 Å². The number of carbonyl (C=O) groups is 6. The van der Waals surface area contributed by atoms with Crippen LogP contribution in [0.25, 0.3) is 11.1 Å². The number of hydrogen-bond acceptors (Lipinski definition) is 12. The Kier molecular flexibility index (Phi) is 16.9. The number of carbonyl (C=O) groups excluding carboxylic acids is 5. The fourth-order valence-corrected chi connectivity index (χ4v) is 6.34. The largest absolute Gasteiger partial charge is 0.508 e. The van der Waals surface area contributed by atoms with Crippen molar-refractivity contribution < 1.29 is 53.9 Å². The fraction of sp³-hybridized carbons (Fsp3) is 0.550. The molecule has 0 fully saturated rings. The molecule has 3 rings (SSSR count). The molecule has 0 aromatic heterocycles. The zero-order valence-electron chi connectivity index (χ0n) is 34.5. The Hall–Kier alpha value is -5.66. The summed E-state index contributed by atoms with van der Waals surface area (Å²) in [5, 5.41) is 55.1. The summed E-state index contributed by atoms with van der Waals surface area (Å²) < 4.78 is 5.42. The highest BCUT2D eigenvalue weighted by atomic mass is 16.6. The van der Waals surface area contributed by atoms with Gasteiger partial charge in [0.25, 0.3) is 0 Å². The van der Waals surface area contributed by atoms with Crippen LogP contribution in [0.4, 0.5) is 9.59 Å². The Morgan fingerprint density at radius 2 is 1.51 bits per heavy atom. The predicted octanol–water partition coefficient (Wildman–Crippen LogP) is 0.554. The van der Waals surface area contributed by atoms with E-state index < -0.39 is 77.2 Å². The Balaban J connectivity index is 2.18. The van der Waals surface area contributed by atoms with Crippen LogP contribution >= 0.6 is 0 Å². The minimum absolute atomic E-state index is 0.0492. The van der Waals surface area contributed by atoms with Crippen LogP contribution in [0.1, 0.15) is 71.9 Å². The van der Waals surface area contributed by atoms with Crippen molar-refractivity contribution in [3.8, 4) is 22.6 Å². The highest BCUT2D eigenvalue weighted by Gasteiger charge is 2.34. The van der Waals surface area contributed by atoms with Crippen molar-refractivity contribution in [3.63, 3.8) is 0 Å². The number of phenolic OH excluding ortho intramolecular Hbond substituents is 2. The van der Waals surface area contributed by atoms with Crippen LogP contribution in [-0.4, -0.2) is 129 Å². The van der Waals surface area contributed by atoms with Crippen molar-refractivity contribution in [2.75, 3.05) is 26.2 Å². The maximum atomic E-state index is 14.3. The molecule has 0 unspecified atom stereocenters. The van der Waals surface area contributed by atoms with Crippen LogP contribution in [-0.2, 0) is 36.8 Å². The van der Waals surface area contributed by atoms with E-state index in [2.05, 4.69) is 26.6 Å². The summed E-state index contributed by atoms with van der Waals surface area (Å²) in [4.78, 5) is 82.1. The van der Waals surface area contributed by atoms with Crippen molar-refractivity contribution >= 4 is 35.8 Å². The van der Waals surface area contributed by atoms with Gasteiger partial charge in [-0.15, -0.1) is 0 Å². The molecule has 1 aliphatic rings. The summed E-state index contributed by atoms with van der Waals surface area (Å²) in [6, 6.07) is 3.43. The molecule has 59 heavy (non-hydrogen) atoms. The van der Waals surface area contributed by atoms with Gasteiger partial charge >= 0.3 is 12.2 Å². The maximum absolute atomic E-state index is 14.3. The van der Waals surface area contributed by atoms with Crippen molar-refractivity contribution in [1.82, 2.24) is 31.5 Å². The molecule has 6 amide bonds. The molecule has 0 saturated heterocycles. The van der Waals surface area contributed by atoms with Gasteiger partial charge in [0.1, 0.15) is 41.3 Å². The topological polar surface area (TPSA) is 308 Å². The maximum Gasteiger partial charge on any atom is 0.408 e. The van der Waals surface area contributed by atoms with E-state index in [-0.39, 0.29) is 80.9 Å². The molecule has 0 saturated carbocycles. The minimum Gasteiger partial charge on any atom is -0.508 e. The molecule has 0 spiro atoms. The number of hydrogen-bond donors (Lipinski definition) is 11. The van der Waals surface area contributed by atoms with E-state index in [1.54, 1.807) is 65.8 Å². The number of phenols is 2. The van der Waals surface area contributed by atoms with Crippen LogP contribution in [0.5, 0.6) is 11.5 Å². The molecular formula is C40H60N8O11. The average molecular weight is 829 g/mol. The number of ether oxygens (including phenoxy) is 1. The van der Waals surface area contributed by atoms with E-state index in [9.17, 15) is 49.2 Å². The Bertz CT molecular complexity index is 1830. The number of nitrogens with two attached hydrogens (primary N) is 2. The predicted molar refractivity (Wildman–Crippen MR) is 217 cm³/mol. The van der Waals surface area contributed by atoms with E-state index in [0.717, 1.165) is 0 Å². The fourth-order valence-electron chi connectivity index (χ4n) is 6.34. The smallest absolute Gasteiger partial charge is 0.408 e. The summed E-state index contributed by atoms with van der Waals surface area (Å²) in [6.07, 6.45) is -4.36. The van der Waals surface area contributed by atoms with Crippen LogP contribution in [0, 0.1) is 0 Å². The van der Waals surface area contributed by atoms with Gasteiger partial charge in [0.05, 0.1) is 6.10 Å². The van der Waals surface area contributed by atoms with Gasteiger partial charge in [0, 0.05) is 51.0 Å². The highest BCUT2D eigenvalue weighted by Crippen LogP contribution is 2.31. The number of aliphatic hydroxyl groups excluding tert-OH is 1. The SMILES string of the molecule is CC(C)(C)OC(=O)N[C@H]1Cc2cc(ccc2O)-c2ccc(O)c(c2)C[C@@H](C(=O)N[C@@H](C[C@@H](O)CN)C(=O)NCCN)NC(=O)[C@H](CCCN(C(=O)O)C(C)(C)C)NC1=O. The van der Waals surface area contributed by atoms with Gasteiger partial charge in [0.2, 0.25) is 23.6 Å². The van der Waals surface area contributed by atoms with E-state index in [1.807, 2.05) is 0 Å². The van der Waals surface area contributed by atoms with Crippen molar-refractivity contribution in [2.24, 2.45) is 11.5 Å². The molecule has 5 atom stereocenters. The first kappa shape index (κ1) is 47.7. The van der Waals surface area contributed by atoms with E-state index >= 15 is 0 Å². The summed E-state index contributed by atoms with van der Waals surface area (Å²) >= 11 is 0. The van der Waals surface area contributed by atoms with Gasteiger partial charge in [-0.3, -0.25) is 19.2 Å². The molecule has 0 aliphatic carbocycles. The minimum atomic E-state index is -1.51. The Morgan fingerprint density at radius 3 is 2.03 bits per heavy atom. The second kappa shape index (κ2) is 20.9. The van der Waals surface area contributed by atoms with E-state index in [1.165, 1.54) is 17.0 Å². The van der Waals surface area contributed by atoms with Gasteiger partial charge < -0.3 is 68.1 Å². The lowest BCUT2D eigenvalue weighted by molar-refractivity contribution is -0.134.